The maximum Gasteiger partial charge on any atom is 0.275 e. The molecule has 0 aliphatic carbocycles. The zero-order valence-corrected chi connectivity index (χ0v) is 10.5. The number of nitrogens with zero attached hydrogens (tertiary/aromatic N) is 1. The molecule has 0 spiro atoms. The average molecular weight is 259 g/mol. The van der Waals surface area contributed by atoms with Crippen LogP contribution in [0.2, 0.25) is 5.02 Å². The van der Waals surface area contributed by atoms with Gasteiger partial charge in [0.2, 0.25) is 0 Å². The Labute approximate surface area is 105 Å². The molecule has 5 nitrogen and oxygen atoms in total. The SMILES string of the molecule is COC(C)CNCc1c(Cl)cccc1[N+](=O)[O-]. The maximum atomic E-state index is 10.8. The van der Waals surface area contributed by atoms with E-state index in [1.165, 1.54) is 6.07 Å². The van der Waals surface area contributed by atoms with Gasteiger partial charge in [-0.1, -0.05) is 17.7 Å². The molecule has 0 aromatic heterocycles. The Morgan fingerprint density at radius 1 is 1.59 bits per heavy atom. The summed E-state index contributed by atoms with van der Waals surface area (Å²) in [6.07, 6.45) is 0.0524. The summed E-state index contributed by atoms with van der Waals surface area (Å²) >= 11 is 5.95. The van der Waals surface area contributed by atoms with Crippen molar-refractivity contribution in [2.75, 3.05) is 13.7 Å². The summed E-state index contributed by atoms with van der Waals surface area (Å²) in [5.41, 5.74) is 0.539. The predicted molar refractivity (Wildman–Crippen MR) is 66.3 cm³/mol. The highest BCUT2D eigenvalue weighted by molar-refractivity contribution is 6.31. The van der Waals surface area contributed by atoms with Crippen LogP contribution in [0.15, 0.2) is 18.2 Å². The molecule has 1 aromatic rings. The number of nitrogens with one attached hydrogen (secondary N) is 1. The minimum atomic E-state index is -0.428. The van der Waals surface area contributed by atoms with E-state index in [-0.39, 0.29) is 11.8 Å². The third kappa shape index (κ3) is 3.96. The van der Waals surface area contributed by atoms with Crippen LogP contribution < -0.4 is 5.32 Å². The molecule has 0 saturated heterocycles. The van der Waals surface area contributed by atoms with Gasteiger partial charge in [-0.05, 0) is 13.0 Å². The third-order valence-electron chi connectivity index (χ3n) is 2.43. The molecule has 1 unspecified atom stereocenters. The first-order chi connectivity index (χ1) is 8.06. The fourth-order valence-electron chi connectivity index (χ4n) is 1.38. The van der Waals surface area contributed by atoms with Gasteiger partial charge in [0.15, 0.2) is 0 Å². The van der Waals surface area contributed by atoms with Crippen LogP contribution in [0, 0.1) is 10.1 Å². The summed E-state index contributed by atoms with van der Waals surface area (Å²) in [6.45, 7) is 2.87. The first kappa shape index (κ1) is 13.9. The molecule has 17 heavy (non-hydrogen) atoms. The summed E-state index contributed by atoms with van der Waals surface area (Å²) in [4.78, 5) is 10.4. The molecule has 0 heterocycles. The van der Waals surface area contributed by atoms with E-state index in [9.17, 15) is 10.1 Å². The molecule has 0 fully saturated rings. The van der Waals surface area contributed by atoms with E-state index in [1.54, 1.807) is 19.2 Å². The molecular formula is C11H15ClN2O3. The van der Waals surface area contributed by atoms with Crippen LogP contribution >= 0.6 is 11.6 Å². The fraction of sp³-hybridized carbons (Fsp3) is 0.455. The van der Waals surface area contributed by atoms with E-state index in [4.69, 9.17) is 16.3 Å². The highest BCUT2D eigenvalue weighted by atomic mass is 35.5. The molecule has 1 aromatic carbocycles. The molecule has 0 radical (unpaired) electrons. The Balaban J connectivity index is 2.72. The first-order valence-electron chi connectivity index (χ1n) is 5.21. The van der Waals surface area contributed by atoms with E-state index >= 15 is 0 Å². The Bertz CT molecular complexity index is 398. The van der Waals surface area contributed by atoms with Gasteiger partial charge >= 0.3 is 0 Å². The molecular weight excluding hydrogens is 244 g/mol. The Kier molecular flexibility index (Phi) is 5.34. The zero-order chi connectivity index (χ0) is 12.8. The number of hydrogen-bond acceptors (Lipinski definition) is 4. The Morgan fingerprint density at radius 3 is 2.88 bits per heavy atom. The lowest BCUT2D eigenvalue weighted by atomic mass is 10.2. The number of benzene rings is 1. The van der Waals surface area contributed by atoms with Crippen molar-refractivity contribution in [1.82, 2.24) is 5.32 Å². The number of nitro benzene ring substituents is 1. The number of halogens is 1. The summed E-state index contributed by atoms with van der Waals surface area (Å²) < 4.78 is 5.07. The van der Waals surface area contributed by atoms with Crippen molar-refractivity contribution in [3.63, 3.8) is 0 Å². The zero-order valence-electron chi connectivity index (χ0n) is 9.77. The lowest BCUT2D eigenvalue weighted by molar-refractivity contribution is -0.385. The normalized spacial score (nSPS) is 12.4. The van der Waals surface area contributed by atoms with Crippen molar-refractivity contribution in [2.45, 2.75) is 19.6 Å². The molecule has 0 saturated carbocycles. The Hall–Kier alpha value is -1.17. The van der Waals surface area contributed by atoms with Crippen molar-refractivity contribution >= 4 is 17.3 Å². The second-order valence-electron chi connectivity index (χ2n) is 3.67. The highest BCUT2D eigenvalue weighted by Gasteiger charge is 2.16. The van der Waals surface area contributed by atoms with Gasteiger partial charge in [0, 0.05) is 26.3 Å². The van der Waals surface area contributed by atoms with Crippen LogP contribution in [0.1, 0.15) is 12.5 Å². The number of methoxy groups -OCH3 is 1. The summed E-state index contributed by atoms with van der Waals surface area (Å²) in [5, 5.41) is 14.3. The first-order valence-corrected chi connectivity index (χ1v) is 5.59. The molecule has 1 atom stereocenters. The predicted octanol–water partition coefficient (Wildman–Crippen LogP) is 2.37. The van der Waals surface area contributed by atoms with Gasteiger partial charge in [-0.25, -0.2) is 0 Å². The quantitative estimate of drug-likeness (QED) is 0.628. The second kappa shape index (κ2) is 6.54. The fourth-order valence-corrected chi connectivity index (χ4v) is 1.61. The van der Waals surface area contributed by atoms with Gasteiger partial charge in [-0.3, -0.25) is 10.1 Å². The van der Waals surface area contributed by atoms with Gasteiger partial charge in [0.1, 0.15) is 0 Å². The van der Waals surface area contributed by atoms with Crippen molar-refractivity contribution in [2.24, 2.45) is 0 Å². The number of hydrogen-bond donors (Lipinski definition) is 1. The topological polar surface area (TPSA) is 64.4 Å². The van der Waals surface area contributed by atoms with Gasteiger partial charge < -0.3 is 10.1 Å². The number of nitro groups is 1. The van der Waals surface area contributed by atoms with E-state index in [1.807, 2.05) is 6.92 Å². The molecule has 0 aliphatic heterocycles. The smallest absolute Gasteiger partial charge is 0.275 e. The van der Waals surface area contributed by atoms with Crippen molar-refractivity contribution < 1.29 is 9.66 Å². The Morgan fingerprint density at radius 2 is 2.29 bits per heavy atom. The maximum absolute atomic E-state index is 10.8. The molecule has 0 aliphatic rings. The standard InChI is InChI=1S/C11H15ClN2O3/c1-8(17-2)6-13-7-9-10(12)4-3-5-11(9)14(15)16/h3-5,8,13H,6-7H2,1-2H3. The minimum absolute atomic E-state index is 0.0371. The third-order valence-corrected chi connectivity index (χ3v) is 2.78. The van der Waals surface area contributed by atoms with Crippen molar-refractivity contribution in [1.29, 1.82) is 0 Å². The van der Waals surface area contributed by atoms with Crippen LogP contribution in [0.3, 0.4) is 0 Å². The van der Waals surface area contributed by atoms with E-state index in [0.717, 1.165) is 0 Å². The summed E-state index contributed by atoms with van der Waals surface area (Å²) in [7, 11) is 1.62. The van der Waals surface area contributed by atoms with Crippen LogP contribution in [0.5, 0.6) is 0 Å². The molecule has 0 bridgehead atoms. The highest BCUT2D eigenvalue weighted by Crippen LogP contribution is 2.25. The van der Waals surface area contributed by atoms with Gasteiger partial charge in [0.25, 0.3) is 5.69 Å². The lowest BCUT2D eigenvalue weighted by Gasteiger charge is -2.11. The van der Waals surface area contributed by atoms with Crippen LogP contribution in [-0.2, 0) is 11.3 Å². The molecule has 1 N–H and O–H groups in total. The van der Waals surface area contributed by atoms with E-state index in [2.05, 4.69) is 5.32 Å². The largest absolute Gasteiger partial charge is 0.380 e. The average Bonchev–Trinajstić information content (AvgIpc) is 2.30. The number of rotatable bonds is 6. The lowest BCUT2D eigenvalue weighted by Crippen LogP contribution is -2.25. The van der Waals surface area contributed by atoms with E-state index < -0.39 is 4.92 Å². The van der Waals surface area contributed by atoms with Gasteiger partial charge in [0.05, 0.1) is 21.6 Å². The molecule has 1 rings (SSSR count). The second-order valence-corrected chi connectivity index (χ2v) is 4.08. The van der Waals surface area contributed by atoms with Crippen molar-refractivity contribution in [3.05, 3.63) is 38.9 Å². The molecule has 6 heteroatoms. The van der Waals surface area contributed by atoms with Crippen LogP contribution in [-0.4, -0.2) is 24.7 Å². The minimum Gasteiger partial charge on any atom is -0.380 e. The van der Waals surface area contributed by atoms with Gasteiger partial charge in [-0.2, -0.15) is 0 Å². The summed E-state index contributed by atoms with van der Waals surface area (Å²) in [6, 6.07) is 4.66. The molecule has 94 valence electrons. The monoisotopic (exact) mass is 258 g/mol. The summed E-state index contributed by atoms with van der Waals surface area (Å²) in [5.74, 6) is 0. The van der Waals surface area contributed by atoms with Crippen LogP contribution in [0.4, 0.5) is 5.69 Å². The molecule has 0 amide bonds. The van der Waals surface area contributed by atoms with Crippen molar-refractivity contribution in [3.8, 4) is 0 Å². The van der Waals surface area contributed by atoms with Gasteiger partial charge in [-0.15, -0.1) is 0 Å². The number of ether oxygens (including phenoxy) is 1. The van der Waals surface area contributed by atoms with E-state index in [0.29, 0.717) is 23.7 Å². The van der Waals surface area contributed by atoms with Crippen LogP contribution in [0.25, 0.3) is 0 Å².